The van der Waals surface area contributed by atoms with Gasteiger partial charge in [-0.3, -0.25) is 9.78 Å². The number of H-pyrrole nitrogens is 1. The first-order chi connectivity index (χ1) is 11.7. The summed E-state index contributed by atoms with van der Waals surface area (Å²) < 4.78 is 5.38. The molecule has 0 radical (unpaired) electrons. The number of carbonyl (C=O) groups excluding carboxylic acids is 1. The maximum atomic E-state index is 12.3. The maximum Gasteiger partial charge on any atom is 0.224 e. The summed E-state index contributed by atoms with van der Waals surface area (Å²) in [6.07, 6.45) is 3.92. The van der Waals surface area contributed by atoms with Crippen LogP contribution in [0.1, 0.15) is 31.1 Å². The van der Waals surface area contributed by atoms with Crippen LogP contribution in [0.4, 0.5) is 0 Å². The van der Waals surface area contributed by atoms with E-state index in [-0.39, 0.29) is 11.9 Å². The predicted octanol–water partition coefficient (Wildman–Crippen LogP) is 3.38. The number of hydrogen-bond acceptors (Lipinski definition) is 3. The van der Waals surface area contributed by atoms with Crippen LogP contribution in [0, 0.1) is 0 Å². The molecule has 0 unspecified atom stereocenters. The van der Waals surface area contributed by atoms with E-state index in [9.17, 15) is 4.79 Å². The van der Waals surface area contributed by atoms with Gasteiger partial charge in [-0.15, -0.1) is 0 Å². The number of aromatic nitrogens is 2. The number of pyridine rings is 1. The van der Waals surface area contributed by atoms with Gasteiger partial charge >= 0.3 is 0 Å². The number of rotatable bonds is 6. The highest BCUT2D eigenvalue weighted by molar-refractivity contribution is 5.83. The standard InChI is InChI=1S/C19H21N3O2/c1-3-24-16-6-7-17(21-12-16)13(2)22-19(23)11-14-4-5-15-8-9-20-18(15)10-14/h4-10,12-13,20H,3,11H2,1-2H3,(H,22,23)/t13-/m1/s1. The first-order valence-corrected chi connectivity index (χ1v) is 8.10. The first kappa shape index (κ1) is 16.1. The summed E-state index contributed by atoms with van der Waals surface area (Å²) in [5.41, 5.74) is 2.84. The van der Waals surface area contributed by atoms with E-state index in [4.69, 9.17) is 4.74 Å². The van der Waals surface area contributed by atoms with E-state index < -0.39 is 0 Å². The summed E-state index contributed by atoms with van der Waals surface area (Å²) in [5.74, 6) is 0.711. The molecule has 0 bridgehead atoms. The second-order valence-electron chi connectivity index (χ2n) is 5.72. The molecule has 2 N–H and O–H groups in total. The van der Waals surface area contributed by atoms with Crippen LogP contribution in [-0.4, -0.2) is 22.5 Å². The molecule has 2 heterocycles. The highest BCUT2D eigenvalue weighted by atomic mass is 16.5. The predicted molar refractivity (Wildman–Crippen MR) is 94.0 cm³/mol. The van der Waals surface area contributed by atoms with Crippen molar-refractivity contribution in [3.8, 4) is 5.75 Å². The van der Waals surface area contributed by atoms with Gasteiger partial charge in [-0.2, -0.15) is 0 Å². The largest absolute Gasteiger partial charge is 0.492 e. The molecular formula is C19H21N3O2. The fourth-order valence-corrected chi connectivity index (χ4v) is 2.66. The van der Waals surface area contributed by atoms with Crippen LogP contribution >= 0.6 is 0 Å². The second kappa shape index (κ2) is 7.17. The number of carbonyl (C=O) groups is 1. The zero-order chi connectivity index (χ0) is 16.9. The Morgan fingerprint density at radius 2 is 2.17 bits per heavy atom. The maximum absolute atomic E-state index is 12.3. The van der Waals surface area contributed by atoms with E-state index in [2.05, 4.69) is 15.3 Å². The molecule has 1 aromatic carbocycles. The highest BCUT2D eigenvalue weighted by Gasteiger charge is 2.12. The van der Waals surface area contributed by atoms with Gasteiger partial charge in [0.1, 0.15) is 5.75 Å². The number of benzene rings is 1. The Labute approximate surface area is 141 Å². The monoisotopic (exact) mass is 323 g/mol. The molecule has 5 nitrogen and oxygen atoms in total. The molecule has 3 aromatic rings. The van der Waals surface area contributed by atoms with Gasteiger partial charge in [0.05, 0.1) is 31.0 Å². The molecule has 1 atom stereocenters. The minimum absolute atomic E-state index is 0.0240. The van der Waals surface area contributed by atoms with E-state index in [1.807, 2.05) is 56.4 Å². The van der Waals surface area contributed by atoms with Crippen molar-refractivity contribution in [3.63, 3.8) is 0 Å². The SMILES string of the molecule is CCOc1ccc([C@@H](C)NC(=O)Cc2ccc3cc[nH]c3c2)nc1. The molecule has 1 amide bonds. The summed E-state index contributed by atoms with van der Waals surface area (Å²) >= 11 is 0. The van der Waals surface area contributed by atoms with E-state index in [1.54, 1.807) is 6.20 Å². The van der Waals surface area contributed by atoms with E-state index in [0.29, 0.717) is 13.0 Å². The zero-order valence-corrected chi connectivity index (χ0v) is 13.9. The molecule has 124 valence electrons. The number of fused-ring (bicyclic) bond motifs is 1. The van der Waals surface area contributed by atoms with Crippen LogP contribution in [0.25, 0.3) is 10.9 Å². The number of ether oxygens (including phenoxy) is 1. The van der Waals surface area contributed by atoms with Gasteiger partial charge in [0.15, 0.2) is 0 Å². The Balaban J connectivity index is 1.60. The summed E-state index contributed by atoms with van der Waals surface area (Å²) in [4.78, 5) is 19.8. The van der Waals surface area contributed by atoms with Crippen LogP contribution in [0.5, 0.6) is 5.75 Å². The van der Waals surface area contributed by atoms with Crippen molar-refractivity contribution in [1.82, 2.24) is 15.3 Å². The van der Waals surface area contributed by atoms with Crippen LogP contribution < -0.4 is 10.1 Å². The number of hydrogen-bond donors (Lipinski definition) is 2. The lowest BCUT2D eigenvalue weighted by atomic mass is 10.1. The highest BCUT2D eigenvalue weighted by Crippen LogP contribution is 2.16. The van der Waals surface area contributed by atoms with Gasteiger partial charge in [-0.1, -0.05) is 12.1 Å². The molecule has 2 aromatic heterocycles. The van der Waals surface area contributed by atoms with Gasteiger partial charge < -0.3 is 15.0 Å². The third-order valence-electron chi connectivity index (χ3n) is 3.88. The molecule has 0 spiro atoms. The average Bonchev–Trinajstić information content (AvgIpc) is 3.03. The molecule has 0 saturated carbocycles. The molecule has 3 rings (SSSR count). The number of nitrogens with zero attached hydrogens (tertiary/aromatic N) is 1. The molecule has 0 aliphatic rings. The van der Waals surface area contributed by atoms with E-state index >= 15 is 0 Å². The lowest BCUT2D eigenvalue weighted by Gasteiger charge is -2.14. The van der Waals surface area contributed by atoms with Crippen molar-refractivity contribution in [1.29, 1.82) is 0 Å². The minimum atomic E-state index is -0.151. The van der Waals surface area contributed by atoms with Crippen molar-refractivity contribution in [2.45, 2.75) is 26.3 Å². The van der Waals surface area contributed by atoms with Gasteiger partial charge in [-0.25, -0.2) is 0 Å². The van der Waals surface area contributed by atoms with Crippen LogP contribution in [0.15, 0.2) is 48.8 Å². The Bertz CT molecular complexity index is 824. The molecule has 0 saturated heterocycles. The van der Waals surface area contributed by atoms with Crippen molar-refractivity contribution in [3.05, 3.63) is 60.0 Å². The van der Waals surface area contributed by atoms with Gasteiger partial charge in [0, 0.05) is 11.7 Å². The van der Waals surface area contributed by atoms with Crippen molar-refractivity contribution >= 4 is 16.8 Å². The quantitative estimate of drug-likeness (QED) is 0.731. The number of aromatic amines is 1. The number of nitrogens with one attached hydrogen (secondary N) is 2. The van der Waals surface area contributed by atoms with Gasteiger partial charge in [0.25, 0.3) is 0 Å². The molecule has 0 aliphatic heterocycles. The number of amides is 1. The Kier molecular flexibility index (Phi) is 4.79. The van der Waals surface area contributed by atoms with Gasteiger partial charge in [-0.05, 0) is 49.1 Å². The Morgan fingerprint density at radius 1 is 1.29 bits per heavy atom. The third-order valence-corrected chi connectivity index (χ3v) is 3.88. The summed E-state index contributed by atoms with van der Waals surface area (Å²) in [6, 6.07) is 11.6. The topological polar surface area (TPSA) is 67.0 Å². The lowest BCUT2D eigenvalue weighted by Crippen LogP contribution is -2.28. The van der Waals surface area contributed by atoms with Crippen LogP contribution in [-0.2, 0) is 11.2 Å². The fraction of sp³-hybridized carbons (Fsp3) is 0.263. The van der Waals surface area contributed by atoms with E-state index in [0.717, 1.165) is 27.9 Å². The first-order valence-electron chi connectivity index (χ1n) is 8.10. The van der Waals surface area contributed by atoms with Crippen molar-refractivity contribution in [2.24, 2.45) is 0 Å². The zero-order valence-electron chi connectivity index (χ0n) is 13.9. The normalized spacial score (nSPS) is 12.1. The summed E-state index contributed by atoms with van der Waals surface area (Å²) in [7, 11) is 0. The molecule has 0 fully saturated rings. The van der Waals surface area contributed by atoms with E-state index in [1.165, 1.54) is 0 Å². The van der Waals surface area contributed by atoms with Crippen molar-refractivity contribution in [2.75, 3.05) is 6.61 Å². The summed E-state index contributed by atoms with van der Waals surface area (Å²) in [5, 5.41) is 4.13. The average molecular weight is 323 g/mol. The summed E-state index contributed by atoms with van der Waals surface area (Å²) in [6.45, 7) is 4.47. The third kappa shape index (κ3) is 3.74. The van der Waals surface area contributed by atoms with Crippen LogP contribution in [0.3, 0.4) is 0 Å². The molecule has 0 aliphatic carbocycles. The Morgan fingerprint density at radius 3 is 2.92 bits per heavy atom. The molecule has 24 heavy (non-hydrogen) atoms. The molecule has 5 heteroatoms. The van der Waals surface area contributed by atoms with Crippen LogP contribution in [0.2, 0.25) is 0 Å². The van der Waals surface area contributed by atoms with Gasteiger partial charge in [0.2, 0.25) is 5.91 Å². The lowest BCUT2D eigenvalue weighted by molar-refractivity contribution is -0.121. The fourth-order valence-electron chi connectivity index (χ4n) is 2.66. The second-order valence-corrected chi connectivity index (χ2v) is 5.72. The van der Waals surface area contributed by atoms with Crippen molar-refractivity contribution < 1.29 is 9.53 Å². The smallest absolute Gasteiger partial charge is 0.224 e. The molecular weight excluding hydrogens is 302 g/mol. The minimum Gasteiger partial charge on any atom is -0.492 e. The Hall–Kier alpha value is -2.82.